The van der Waals surface area contributed by atoms with Crippen LogP contribution in [0.1, 0.15) is 0 Å². The molecule has 0 aliphatic rings. The van der Waals surface area contributed by atoms with Gasteiger partial charge >= 0.3 is 0 Å². The Morgan fingerprint density at radius 1 is 0.889 bits per heavy atom. The van der Waals surface area contributed by atoms with Gasteiger partial charge in [0.15, 0.2) is 0 Å². The molecule has 2 aromatic rings. The molecular weight excluding hydrogens is 238 g/mol. The molecule has 4 heteroatoms. The molecule has 0 radical (unpaired) electrons. The summed E-state index contributed by atoms with van der Waals surface area (Å²) in [7, 11) is -1.25. The topological polar surface area (TPSA) is 48.8 Å². The van der Waals surface area contributed by atoms with Gasteiger partial charge in [-0.15, -0.1) is 0 Å². The maximum atomic E-state index is 8.39. The standard InChI is InChI=1S/C14H15N3Si/c15-17-16-11-12-18(13-7-3-1-4-8-13)14-9-5-2-6-10-14/h1-10,18H,11-12H2. The monoisotopic (exact) mass is 253 g/mol. The van der Waals surface area contributed by atoms with E-state index < -0.39 is 8.80 Å². The van der Waals surface area contributed by atoms with Crippen LogP contribution in [-0.2, 0) is 0 Å². The molecule has 0 heterocycles. The second kappa shape index (κ2) is 6.64. The summed E-state index contributed by atoms with van der Waals surface area (Å²) in [6.07, 6.45) is 0. The van der Waals surface area contributed by atoms with Gasteiger partial charge in [-0.1, -0.05) is 76.2 Å². The van der Waals surface area contributed by atoms with Gasteiger partial charge in [-0.3, -0.25) is 0 Å². The summed E-state index contributed by atoms with van der Waals surface area (Å²) in [6.45, 7) is 0.581. The van der Waals surface area contributed by atoms with Crippen LogP contribution in [0.3, 0.4) is 0 Å². The lowest BCUT2D eigenvalue weighted by atomic mass is 10.4. The lowest BCUT2D eigenvalue weighted by molar-refractivity contribution is 1.09. The SMILES string of the molecule is [N-]=[N+]=NCC[SiH](c1ccccc1)c1ccccc1. The van der Waals surface area contributed by atoms with E-state index in [0.29, 0.717) is 6.54 Å². The zero-order chi connectivity index (χ0) is 12.6. The lowest BCUT2D eigenvalue weighted by Gasteiger charge is -2.15. The quantitative estimate of drug-likeness (QED) is 0.340. The van der Waals surface area contributed by atoms with Crippen molar-refractivity contribution in [1.29, 1.82) is 0 Å². The zero-order valence-electron chi connectivity index (χ0n) is 10.1. The molecule has 2 rings (SSSR count). The van der Waals surface area contributed by atoms with Gasteiger partial charge in [-0.05, 0) is 11.6 Å². The fourth-order valence-electron chi connectivity index (χ4n) is 2.13. The molecule has 0 fully saturated rings. The fraction of sp³-hybridized carbons (Fsp3) is 0.143. The maximum absolute atomic E-state index is 8.39. The molecule has 90 valence electrons. The van der Waals surface area contributed by atoms with Crippen LogP contribution in [0, 0.1) is 0 Å². The Hall–Kier alpha value is -2.03. The van der Waals surface area contributed by atoms with Gasteiger partial charge in [0.25, 0.3) is 0 Å². The van der Waals surface area contributed by atoms with Crippen molar-refractivity contribution in [2.75, 3.05) is 6.54 Å². The van der Waals surface area contributed by atoms with Crippen molar-refractivity contribution in [2.45, 2.75) is 6.04 Å². The summed E-state index contributed by atoms with van der Waals surface area (Å²) in [5.74, 6) is 0. The number of hydrogen-bond donors (Lipinski definition) is 0. The minimum Gasteiger partial charge on any atom is -0.0943 e. The first kappa shape index (κ1) is 12.4. The average molecular weight is 253 g/mol. The van der Waals surface area contributed by atoms with E-state index in [1.807, 2.05) is 12.1 Å². The van der Waals surface area contributed by atoms with E-state index in [4.69, 9.17) is 5.53 Å². The number of hydrogen-bond acceptors (Lipinski definition) is 1. The Bertz CT molecular complexity index is 482. The van der Waals surface area contributed by atoms with Crippen molar-refractivity contribution in [3.05, 3.63) is 71.1 Å². The highest BCUT2D eigenvalue weighted by atomic mass is 28.3. The number of nitrogens with zero attached hydrogens (tertiary/aromatic N) is 3. The largest absolute Gasteiger partial charge is 0.103 e. The summed E-state index contributed by atoms with van der Waals surface area (Å²) in [6, 6.07) is 22.1. The summed E-state index contributed by atoms with van der Waals surface area (Å²) in [5.41, 5.74) is 8.39. The van der Waals surface area contributed by atoms with E-state index in [0.717, 1.165) is 6.04 Å². The van der Waals surface area contributed by atoms with Crippen molar-refractivity contribution < 1.29 is 0 Å². The number of azide groups is 1. The van der Waals surface area contributed by atoms with Gasteiger partial charge in [0.1, 0.15) is 8.80 Å². The molecule has 0 atom stereocenters. The van der Waals surface area contributed by atoms with Gasteiger partial charge in [0.2, 0.25) is 0 Å². The van der Waals surface area contributed by atoms with Gasteiger partial charge in [-0.25, -0.2) is 0 Å². The van der Waals surface area contributed by atoms with Crippen molar-refractivity contribution in [2.24, 2.45) is 5.11 Å². The molecule has 0 aliphatic carbocycles. The maximum Gasteiger partial charge on any atom is 0.103 e. The van der Waals surface area contributed by atoms with Crippen LogP contribution in [-0.4, -0.2) is 15.3 Å². The van der Waals surface area contributed by atoms with Gasteiger partial charge in [0.05, 0.1) is 0 Å². The van der Waals surface area contributed by atoms with Crippen LogP contribution in [0.15, 0.2) is 65.8 Å². The van der Waals surface area contributed by atoms with Crippen LogP contribution in [0.25, 0.3) is 10.4 Å². The van der Waals surface area contributed by atoms with Crippen molar-refractivity contribution >= 4 is 19.2 Å². The smallest absolute Gasteiger partial charge is 0.0943 e. The summed E-state index contributed by atoms with van der Waals surface area (Å²) in [4.78, 5) is 2.84. The van der Waals surface area contributed by atoms with E-state index in [-0.39, 0.29) is 0 Å². The van der Waals surface area contributed by atoms with Crippen LogP contribution in [0.4, 0.5) is 0 Å². The Kier molecular flexibility index (Phi) is 4.58. The number of rotatable bonds is 5. The minimum atomic E-state index is -1.25. The third-order valence-corrected chi connectivity index (χ3v) is 6.20. The molecule has 0 unspecified atom stereocenters. The second-order valence-corrected chi connectivity index (χ2v) is 7.13. The van der Waals surface area contributed by atoms with Gasteiger partial charge in [0, 0.05) is 11.5 Å². The normalized spacial score (nSPS) is 10.1. The molecular formula is C14H15N3Si. The molecule has 0 spiro atoms. The van der Waals surface area contributed by atoms with Crippen LogP contribution < -0.4 is 10.4 Å². The molecule has 3 nitrogen and oxygen atoms in total. The van der Waals surface area contributed by atoms with Gasteiger partial charge in [-0.2, -0.15) is 0 Å². The first-order chi connectivity index (χ1) is 8.92. The fourth-order valence-corrected chi connectivity index (χ4v) is 4.93. The molecule has 0 N–H and O–H groups in total. The Labute approximate surface area is 108 Å². The zero-order valence-corrected chi connectivity index (χ0v) is 11.3. The van der Waals surface area contributed by atoms with E-state index in [1.54, 1.807) is 0 Å². The van der Waals surface area contributed by atoms with Crippen LogP contribution >= 0.6 is 0 Å². The first-order valence-corrected chi connectivity index (χ1v) is 7.99. The third-order valence-electron chi connectivity index (χ3n) is 2.98. The molecule has 0 aromatic heterocycles. The average Bonchev–Trinajstić information content (AvgIpc) is 2.46. The summed E-state index contributed by atoms with van der Waals surface area (Å²) in [5, 5.41) is 6.48. The molecule has 0 saturated heterocycles. The van der Waals surface area contributed by atoms with Crippen molar-refractivity contribution in [1.82, 2.24) is 0 Å². The van der Waals surface area contributed by atoms with Crippen molar-refractivity contribution in [3.63, 3.8) is 0 Å². The number of benzene rings is 2. The Balaban J connectivity index is 2.26. The van der Waals surface area contributed by atoms with E-state index in [2.05, 4.69) is 58.6 Å². The molecule has 0 saturated carbocycles. The lowest BCUT2D eigenvalue weighted by Crippen LogP contribution is -2.42. The van der Waals surface area contributed by atoms with E-state index >= 15 is 0 Å². The molecule has 2 aromatic carbocycles. The summed E-state index contributed by atoms with van der Waals surface area (Å²) >= 11 is 0. The molecule has 0 aliphatic heterocycles. The predicted molar refractivity (Wildman–Crippen MR) is 78.1 cm³/mol. The van der Waals surface area contributed by atoms with Gasteiger partial charge < -0.3 is 0 Å². The highest BCUT2D eigenvalue weighted by Crippen LogP contribution is 1.98. The Morgan fingerprint density at radius 3 is 1.83 bits per heavy atom. The molecule has 0 bridgehead atoms. The second-order valence-electron chi connectivity index (χ2n) is 4.12. The molecule has 0 amide bonds. The first-order valence-electron chi connectivity index (χ1n) is 6.02. The van der Waals surface area contributed by atoms with Crippen LogP contribution in [0.2, 0.25) is 6.04 Å². The Morgan fingerprint density at radius 2 is 1.39 bits per heavy atom. The van der Waals surface area contributed by atoms with E-state index in [1.165, 1.54) is 10.4 Å². The minimum absolute atomic E-state index is 0.581. The van der Waals surface area contributed by atoms with E-state index in [9.17, 15) is 0 Å². The predicted octanol–water partition coefficient (Wildman–Crippen LogP) is 2.34. The third kappa shape index (κ3) is 3.23. The highest BCUT2D eigenvalue weighted by Gasteiger charge is 2.14. The van der Waals surface area contributed by atoms with Crippen molar-refractivity contribution in [3.8, 4) is 0 Å². The molecule has 18 heavy (non-hydrogen) atoms. The highest BCUT2D eigenvalue weighted by molar-refractivity contribution is 6.85. The summed E-state index contributed by atoms with van der Waals surface area (Å²) < 4.78 is 0. The van der Waals surface area contributed by atoms with Crippen LogP contribution in [0.5, 0.6) is 0 Å².